The van der Waals surface area contributed by atoms with E-state index in [4.69, 9.17) is 18.6 Å². The van der Waals surface area contributed by atoms with Crippen LogP contribution >= 0.6 is 0 Å². The molecule has 1 aromatic heterocycles. The van der Waals surface area contributed by atoms with Crippen LogP contribution in [-0.2, 0) is 19.0 Å². The third-order valence-corrected chi connectivity index (χ3v) is 5.08. The quantitative estimate of drug-likeness (QED) is 0.689. The number of carbonyl (C=O) groups excluding carboxylic acids is 2. The molecule has 1 unspecified atom stereocenters. The molecule has 0 spiro atoms. The molecule has 1 saturated heterocycles. The Labute approximate surface area is 175 Å². The summed E-state index contributed by atoms with van der Waals surface area (Å²) in [4.78, 5) is 27.0. The summed E-state index contributed by atoms with van der Waals surface area (Å²) in [5.74, 6) is -1.74. The number of furan rings is 1. The lowest BCUT2D eigenvalue weighted by Crippen LogP contribution is -2.48. The minimum Gasteiger partial charge on any atom is -0.467 e. The first-order valence-electron chi connectivity index (χ1n) is 10.0. The lowest BCUT2D eigenvalue weighted by atomic mass is 9.97. The van der Waals surface area contributed by atoms with Gasteiger partial charge in [-0.3, -0.25) is 9.69 Å². The Morgan fingerprint density at radius 3 is 2.40 bits per heavy atom. The number of carbonyl (C=O) groups is 2. The van der Waals surface area contributed by atoms with Gasteiger partial charge in [-0.05, 0) is 38.5 Å². The van der Waals surface area contributed by atoms with E-state index in [1.54, 1.807) is 26.0 Å². The SMILES string of the molecule is CCOC(=O)[C@H](C1O[C@H](c2ccccc2)[C@H](C)N1C(=O)OCC)[C@@H](O)c1ccco1. The van der Waals surface area contributed by atoms with Gasteiger partial charge in [-0.2, -0.15) is 0 Å². The van der Waals surface area contributed by atoms with E-state index in [2.05, 4.69) is 0 Å². The van der Waals surface area contributed by atoms with Crippen LogP contribution in [0.4, 0.5) is 4.79 Å². The summed E-state index contributed by atoms with van der Waals surface area (Å²) >= 11 is 0. The lowest BCUT2D eigenvalue weighted by molar-refractivity contribution is -0.166. The first-order chi connectivity index (χ1) is 14.5. The van der Waals surface area contributed by atoms with Gasteiger partial charge >= 0.3 is 12.1 Å². The molecule has 1 aromatic carbocycles. The summed E-state index contributed by atoms with van der Waals surface area (Å²) in [5, 5.41) is 10.9. The number of esters is 1. The molecule has 162 valence electrons. The molecular weight excluding hydrogens is 390 g/mol. The molecule has 0 aliphatic carbocycles. The van der Waals surface area contributed by atoms with Crippen molar-refractivity contribution in [1.82, 2.24) is 4.90 Å². The summed E-state index contributed by atoms with van der Waals surface area (Å²) in [6, 6.07) is 12.1. The van der Waals surface area contributed by atoms with Crippen LogP contribution < -0.4 is 0 Å². The van der Waals surface area contributed by atoms with Crippen LogP contribution in [0.5, 0.6) is 0 Å². The standard InChI is InChI=1S/C22H27NO7/c1-4-27-21(25)17(18(24)16-12-9-13-29-16)20-23(22(26)28-5-2)14(3)19(30-20)15-10-7-6-8-11-15/h6-14,17-20,24H,4-5H2,1-3H3/t14-,17-,18-,19-,20?/m0/s1. The predicted octanol–water partition coefficient (Wildman–Crippen LogP) is 3.44. The second kappa shape index (κ2) is 9.77. The van der Waals surface area contributed by atoms with Crippen LogP contribution in [0.15, 0.2) is 53.1 Å². The summed E-state index contributed by atoms with van der Waals surface area (Å²) in [6.45, 7) is 5.46. The predicted molar refractivity (Wildman–Crippen MR) is 106 cm³/mol. The summed E-state index contributed by atoms with van der Waals surface area (Å²) in [5.41, 5.74) is 0.844. The smallest absolute Gasteiger partial charge is 0.412 e. The fourth-order valence-electron chi connectivity index (χ4n) is 3.71. The Morgan fingerprint density at radius 1 is 1.10 bits per heavy atom. The number of aliphatic hydroxyl groups is 1. The highest BCUT2D eigenvalue weighted by Gasteiger charge is 2.52. The zero-order valence-corrected chi connectivity index (χ0v) is 17.3. The largest absolute Gasteiger partial charge is 0.467 e. The molecule has 2 heterocycles. The first-order valence-corrected chi connectivity index (χ1v) is 10.0. The van der Waals surface area contributed by atoms with Gasteiger partial charge < -0.3 is 23.7 Å². The van der Waals surface area contributed by atoms with Crippen LogP contribution in [0.25, 0.3) is 0 Å². The molecule has 0 radical (unpaired) electrons. The van der Waals surface area contributed by atoms with Gasteiger partial charge in [0.15, 0.2) is 6.23 Å². The molecule has 1 fully saturated rings. The second-order valence-corrected chi connectivity index (χ2v) is 6.94. The Bertz CT molecular complexity index is 823. The van der Waals surface area contributed by atoms with Gasteiger partial charge in [0.1, 0.15) is 23.9 Å². The molecule has 1 aliphatic rings. The zero-order valence-electron chi connectivity index (χ0n) is 17.3. The average Bonchev–Trinajstić information content (AvgIpc) is 3.38. The molecule has 0 saturated carbocycles. The number of hydrogen-bond acceptors (Lipinski definition) is 7. The van der Waals surface area contributed by atoms with Gasteiger partial charge in [0.25, 0.3) is 0 Å². The molecule has 5 atom stereocenters. The molecule has 1 N–H and O–H groups in total. The van der Waals surface area contributed by atoms with E-state index in [-0.39, 0.29) is 19.0 Å². The monoisotopic (exact) mass is 417 g/mol. The van der Waals surface area contributed by atoms with Crippen molar-refractivity contribution in [2.24, 2.45) is 5.92 Å². The van der Waals surface area contributed by atoms with E-state index in [0.717, 1.165) is 5.56 Å². The normalized spacial score (nSPS) is 23.1. The second-order valence-electron chi connectivity index (χ2n) is 6.94. The number of ether oxygens (including phenoxy) is 3. The van der Waals surface area contributed by atoms with Crippen molar-refractivity contribution in [1.29, 1.82) is 0 Å². The Morgan fingerprint density at radius 2 is 1.80 bits per heavy atom. The molecule has 8 heteroatoms. The number of aliphatic hydroxyl groups excluding tert-OH is 1. The average molecular weight is 417 g/mol. The summed E-state index contributed by atoms with van der Waals surface area (Å²) in [6.07, 6.45) is -2.23. The topological polar surface area (TPSA) is 98.4 Å². The van der Waals surface area contributed by atoms with Gasteiger partial charge in [0.2, 0.25) is 0 Å². The van der Waals surface area contributed by atoms with E-state index >= 15 is 0 Å². The van der Waals surface area contributed by atoms with Crippen LogP contribution in [-0.4, -0.2) is 47.6 Å². The van der Waals surface area contributed by atoms with Gasteiger partial charge in [0, 0.05) is 0 Å². The molecule has 1 amide bonds. The Kier molecular flexibility index (Phi) is 7.12. The molecule has 0 bridgehead atoms. The fraction of sp³-hybridized carbons (Fsp3) is 0.455. The van der Waals surface area contributed by atoms with Crippen LogP contribution in [0.2, 0.25) is 0 Å². The summed E-state index contributed by atoms with van der Waals surface area (Å²) < 4.78 is 21.9. The maximum Gasteiger partial charge on any atom is 0.412 e. The lowest BCUT2D eigenvalue weighted by Gasteiger charge is -2.31. The van der Waals surface area contributed by atoms with E-state index in [1.165, 1.54) is 11.2 Å². The third kappa shape index (κ3) is 4.34. The van der Waals surface area contributed by atoms with Crippen molar-refractivity contribution < 1.29 is 33.3 Å². The number of hydrogen-bond donors (Lipinski definition) is 1. The van der Waals surface area contributed by atoms with Crippen molar-refractivity contribution in [3.05, 3.63) is 60.1 Å². The van der Waals surface area contributed by atoms with Crippen LogP contribution in [0.3, 0.4) is 0 Å². The van der Waals surface area contributed by atoms with Crippen molar-refractivity contribution in [2.45, 2.75) is 45.2 Å². The maximum absolute atomic E-state index is 12.9. The molecule has 8 nitrogen and oxygen atoms in total. The third-order valence-electron chi connectivity index (χ3n) is 5.08. The van der Waals surface area contributed by atoms with E-state index in [0.29, 0.717) is 0 Å². The zero-order chi connectivity index (χ0) is 21.7. The van der Waals surface area contributed by atoms with Crippen molar-refractivity contribution in [3.8, 4) is 0 Å². The highest BCUT2D eigenvalue weighted by molar-refractivity contribution is 5.76. The van der Waals surface area contributed by atoms with Crippen LogP contribution in [0.1, 0.15) is 44.3 Å². The van der Waals surface area contributed by atoms with E-state index in [1.807, 2.05) is 37.3 Å². The Balaban J connectivity index is 2.01. The van der Waals surface area contributed by atoms with Crippen molar-refractivity contribution >= 4 is 12.1 Å². The minimum atomic E-state index is -1.37. The number of rotatable bonds is 7. The van der Waals surface area contributed by atoms with Crippen molar-refractivity contribution in [3.63, 3.8) is 0 Å². The fourth-order valence-corrected chi connectivity index (χ4v) is 3.71. The maximum atomic E-state index is 12.9. The number of nitrogens with zero attached hydrogens (tertiary/aromatic N) is 1. The number of amides is 1. The molecule has 3 rings (SSSR count). The van der Waals surface area contributed by atoms with E-state index in [9.17, 15) is 14.7 Å². The molecule has 1 aliphatic heterocycles. The Hall–Kier alpha value is -2.84. The first kappa shape index (κ1) is 21.9. The highest BCUT2D eigenvalue weighted by atomic mass is 16.6. The van der Waals surface area contributed by atoms with Gasteiger partial charge in [-0.25, -0.2) is 4.79 Å². The highest BCUT2D eigenvalue weighted by Crippen LogP contribution is 2.41. The number of benzene rings is 1. The van der Waals surface area contributed by atoms with Gasteiger partial charge in [0.05, 0.1) is 25.5 Å². The molecule has 2 aromatic rings. The minimum absolute atomic E-state index is 0.115. The molecular formula is C22H27NO7. The van der Waals surface area contributed by atoms with Gasteiger partial charge in [-0.15, -0.1) is 0 Å². The van der Waals surface area contributed by atoms with E-state index < -0.39 is 42.5 Å². The van der Waals surface area contributed by atoms with Gasteiger partial charge in [-0.1, -0.05) is 30.3 Å². The summed E-state index contributed by atoms with van der Waals surface area (Å²) in [7, 11) is 0. The van der Waals surface area contributed by atoms with Crippen molar-refractivity contribution in [2.75, 3.05) is 13.2 Å². The van der Waals surface area contributed by atoms with Crippen LogP contribution in [0, 0.1) is 5.92 Å². The molecule has 30 heavy (non-hydrogen) atoms.